The minimum absolute atomic E-state index is 0.0849. The van der Waals surface area contributed by atoms with Crippen LogP contribution in [0.3, 0.4) is 0 Å². The van der Waals surface area contributed by atoms with E-state index in [-0.39, 0.29) is 13.2 Å². The molecule has 0 bridgehead atoms. The molecular weight excluding hydrogens is 260 g/mol. The van der Waals surface area contributed by atoms with Crippen LogP contribution in [0.15, 0.2) is 42.5 Å². The van der Waals surface area contributed by atoms with E-state index >= 15 is 0 Å². The molecule has 0 heterocycles. The quantitative estimate of drug-likeness (QED) is 0.422. The number of esters is 1. The molecule has 1 aromatic carbocycles. The highest BCUT2D eigenvalue weighted by molar-refractivity contribution is 5.86. The van der Waals surface area contributed by atoms with E-state index in [2.05, 4.69) is 6.58 Å². The van der Waals surface area contributed by atoms with Gasteiger partial charge in [-0.25, -0.2) is 4.79 Å². The van der Waals surface area contributed by atoms with Crippen LogP contribution in [-0.2, 0) is 14.3 Å². The van der Waals surface area contributed by atoms with Crippen LogP contribution in [0, 0.1) is 0 Å². The lowest BCUT2D eigenvalue weighted by molar-refractivity contribution is -0.143. The molecule has 20 heavy (non-hydrogen) atoms. The van der Waals surface area contributed by atoms with Gasteiger partial charge in [0.2, 0.25) is 0 Å². The number of rotatable bonds is 9. The second-order valence-corrected chi connectivity index (χ2v) is 4.27. The van der Waals surface area contributed by atoms with Crippen LogP contribution >= 0.6 is 0 Å². The van der Waals surface area contributed by atoms with Gasteiger partial charge in [0.1, 0.15) is 25.1 Å². The zero-order valence-electron chi connectivity index (χ0n) is 11.6. The second-order valence-electron chi connectivity index (χ2n) is 4.27. The van der Waals surface area contributed by atoms with E-state index in [4.69, 9.17) is 14.2 Å². The van der Waals surface area contributed by atoms with Crippen LogP contribution in [0.2, 0.25) is 0 Å². The molecule has 0 saturated carbocycles. The Bertz CT molecular complexity index is 416. The third kappa shape index (κ3) is 6.92. The number of para-hydroxylation sites is 1. The molecule has 0 aliphatic heterocycles. The highest BCUT2D eigenvalue weighted by Gasteiger charge is 2.09. The van der Waals surface area contributed by atoms with E-state index in [9.17, 15) is 9.90 Å². The fourth-order valence-electron chi connectivity index (χ4n) is 1.30. The fraction of sp³-hybridized carbons (Fsp3) is 0.400. The summed E-state index contributed by atoms with van der Waals surface area (Å²) in [6, 6.07) is 9.38. The number of carbonyl (C=O) groups excluding carboxylic acids is 1. The minimum Gasteiger partial charge on any atom is -0.491 e. The summed E-state index contributed by atoms with van der Waals surface area (Å²) in [5.41, 5.74) is 0.300. The molecule has 0 fully saturated rings. The number of aliphatic hydroxyl groups is 1. The third-order valence-corrected chi connectivity index (χ3v) is 2.31. The van der Waals surface area contributed by atoms with E-state index in [0.29, 0.717) is 18.8 Å². The first-order chi connectivity index (χ1) is 9.59. The molecule has 1 atom stereocenters. The molecule has 1 aromatic rings. The maximum atomic E-state index is 11.1. The molecular formula is C15H20O5. The lowest BCUT2D eigenvalue weighted by Crippen LogP contribution is -2.25. The highest BCUT2D eigenvalue weighted by Crippen LogP contribution is 2.07. The molecule has 110 valence electrons. The first kappa shape index (κ1) is 16.2. The molecule has 0 spiro atoms. The Morgan fingerprint density at radius 1 is 1.25 bits per heavy atom. The first-order valence-electron chi connectivity index (χ1n) is 6.36. The zero-order chi connectivity index (χ0) is 14.8. The number of ether oxygens (including phenoxy) is 3. The number of hydrogen-bond acceptors (Lipinski definition) is 5. The van der Waals surface area contributed by atoms with Gasteiger partial charge in [0.25, 0.3) is 0 Å². The van der Waals surface area contributed by atoms with Gasteiger partial charge in [-0.1, -0.05) is 24.8 Å². The van der Waals surface area contributed by atoms with E-state index in [1.165, 1.54) is 0 Å². The molecule has 0 aromatic heterocycles. The third-order valence-electron chi connectivity index (χ3n) is 2.31. The summed E-state index contributed by atoms with van der Waals surface area (Å²) in [6.45, 7) is 5.71. The Morgan fingerprint density at radius 3 is 2.60 bits per heavy atom. The number of benzene rings is 1. The van der Waals surface area contributed by atoms with E-state index in [1.54, 1.807) is 6.92 Å². The van der Waals surface area contributed by atoms with Gasteiger partial charge >= 0.3 is 5.97 Å². The Balaban J connectivity index is 2.03. The second kappa shape index (κ2) is 9.12. The monoisotopic (exact) mass is 280 g/mol. The standard InChI is InChI=1S/C15H20O5/c1-12(2)15(17)20-11-13(16)10-18-8-9-19-14-6-4-3-5-7-14/h3-7,13,16H,1,8-11H2,2H3. The van der Waals surface area contributed by atoms with Crippen molar-refractivity contribution in [3.8, 4) is 5.75 Å². The SMILES string of the molecule is C=C(C)C(=O)OCC(O)COCCOc1ccccc1. The minimum atomic E-state index is -0.852. The topological polar surface area (TPSA) is 65.0 Å². The molecule has 0 saturated heterocycles. The van der Waals surface area contributed by atoms with Crippen molar-refractivity contribution in [2.45, 2.75) is 13.0 Å². The van der Waals surface area contributed by atoms with Gasteiger partial charge in [0, 0.05) is 5.57 Å². The smallest absolute Gasteiger partial charge is 0.333 e. The maximum Gasteiger partial charge on any atom is 0.333 e. The molecule has 1 N–H and O–H groups in total. The van der Waals surface area contributed by atoms with E-state index < -0.39 is 12.1 Å². The molecule has 0 radical (unpaired) electrons. The zero-order valence-corrected chi connectivity index (χ0v) is 11.6. The van der Waals surface area contributed by atoms with Crippen molar-refractivity contribution in [1.29, 1.82) is 0 Å². The molecule has 0 aliphatic carbocycles. The number of hydrogen-bond donors (Lipinski definition) is 1. The summed E-state index contributed by atoms with van der Waals surface area (Å²) in [5.74, 6) is 0.253. The van der Waals surface area contributed by atoms with Crippen molar-refractivity contribution in [3.05, 3.63) is 42.5 Å². The van der Waals surface area contributed by atoms with Crippen LogP contribution in [0.25, 0.3) is 0 Å². The van der Waals surface area contributed by atoms with Gasteiger partial charge < -0.3 is 19.3 Å². The molecule has 0 aliphatic rings. The summed E-state index contributed by atoms with van der Waals surface area (Å²) in [6.07, 6.45) is -0.852. The largest absolute Gasteiger partial charge is 0.491 e. The van der Waals surface area contributed by atoms with Crippen molar-refractivity contribution < 1.29 is 24.1 Å². The Hall–Kier alpha value is -1.85. The molecule has 5 heteroatoms. The van der Waals surface area contributed by atoms with Gasteiger partial charge in [-0.3, -0.25) is 0 Å². The molecule has 5 nitrogen and oxygen atoms in total. The van der Waals surface area contributed by atoms with Gasteiger partial charge in [-0.05, 0) is 19.1 Å². The Kier molecular flexibility index (Phi) is 7.39. The van der Waals surface area contributed by atoms with Crippen LogP contribution < -0.4 is 4.74 Å². The van der Waals surface area contributed by atoms with Crippen molar-refractivity contribution in [2.75, 3.05) is 26.4 Å². The van der Waals surface area contributed by atoms with Gasteiger partial charge in [0.15, 0.2) is 0 Å². The summed E-state index contributed by atoms with van der Waals surface area (Å²) >= 11 is 0. The average Bonchev–Trinajstić information content (AvgIpc) is 2.45. The summed E-state index contributed by atoms with van der Waals surface area (Å²) in [5, 5.41) is 9.52. The Morgan fingerprint density at radius 2 is 1.95 bits per heavy atom. The maximum absolute atomic E-state index is 11.1. The van der Waals surface area contributed by atoms with Crippen molar-refractivity contribution in [3.63, 3.8) is 0 Å². The lowest BCUT2D eigenvalue weighted by atomic mass is 10.3. The van der Waals surface area contributed by atoms with Crippen LogP contribution in [0.4, 0.5) is 0 Å². The Labute approximate surface area is 118 Å². The van der Waals surface area contributed by atoms with Crippen LogP contribution in [-0.4, -0.2) is 43.6 Å². The summed E-state index contributed by atoms with van der Waals surface area (Å²) < 4.78 is 15.4. The normalized spacial score (nSPS) is 11.7. The average molecular weight is 280 g/mol. The van der Waals surface area contributed by atoms with E-state index in [0.717, 1.165) is 5.75 Å². The van der Waals surface area contributed by atoms with Gasteiger partial charge in [-0.15, -0.1) is 0 Å². The van der Waals surface area contributed by atoms with Crippen molar-refractivity contribution >= 4 is 5.97 Å². The molecule has 1 unspecified atom stereocenters. The fourth-order valence-corrected chi connectivity index (χ4v) is 1.30. The number of carbonyl (C=O) groups is 1. The predicted octanol–water partition coefficient (Wildman–Crippen LogP) is 1.56. The highest BCUT2D eigenvalue weighted by atomic mass is 16.6. The summed E-state index contributed by atoms with van der Waals surface area (Å²) in [4.78, 5) is 11.1. The van der Waals surface area contributed by atoms with Gasteiger partial charge in [0.05, 0.1) is 13.2 Å². The van der Waals surface area contributed by atoms with E-state index in [1.807, 2.05) is 30.3 Å². The van der Waals surface area contributed by atoms with Crippen LogP contribution in [0.1, 0.15) is 6.92 Å². The first-order valence-corrected chi connectivity index (χ1v) is 6.36. The van der Waals surface area contributed by atoms with Crippen molar-refractivity contribution in [1.82, 2.24) is 0 Å². The molecule has 0 amide bonds. The predicted molar refractivity (Wildman–Crippen MR) is 74.5 cm³/mol. The lowest BCUT2D eigenvalue weighted by Gasteiger charge is -2.12. The van der Waals surface area contributed by atoms with Crippen molar-refractivity contribution in [2.24, 2.45) is 0 Å². The molecule has 1 rings (SSSR count). The summed E-state index contributed by atoms with van der Waals surface area (Å²) in [7, 11) is 0. The van der Waals surface area contributed by atoms with Gasteiger partial charge in [-0.2, -0.15) is 0 Å². The van der Waals surface area contributed by atoms with Crippen LogP contribution in [0.5, 0.6) is 5.75 Å². The number of aliphatic hydroxyl groups excluding tert-OH is 1.